The molecule has 0 radical (unpaired) electrons. The second-order valence-corrected chi connectivity index (χ2v) is 6.01. The van der Waals surface area contributed by atoms with Gasteiger partial charge in [0.2, 0.25) is 0 Å². The monoisotopic (exact) mass is 313 g/mol. The molecular weight excluding hydrogens is 297 g/mol. The summed E-state index contributed by atoms with van der Waals surface area (Å²) in [6.45, 7) is 3.84. The number of halogens is 2. The number of pyridine rings is 1. The molecule has 0 amide bonds. The summed E-state index contributed by atoms with van der Waals surface area (Å²) >= 11 is 11.9. The Morgan fingerprint density at radius 2 is 2.40 bits per heavy atom. The number of fused-ring (bicyclic) bond motifs is 1. The van der Waals surface area contributed by atoms with Crippen molar-refractivity contribution in [3.63, 3.8) is 0 Å². The molecule has 2 aromatic heterocycles. The smallest absolute Gasteiger partial charge is 0.160 e. The third kappa shape index (κ3) is 2.52. The lowest BCUT2D eigenvalue weighted by Gasteiger charge is -2.21. The van der Waals surface area contributed by atoms with Crippen LogP contribution in [0.5, 0.6) is 0 Å². The van der Waals surface area contributed by atoms with Gasteiger partial charge in [-0.2, -0.15) is 0 Å². The number of alkyl halides is 1. The first-order valence-electron chi connectivity index (χ1n) is 6.86. The molecule has 3 rings (SSSR count). The van der Waals surface area contributed by atoms with E-state index in [0.717, 1.165) is 43.0 Å². The van der Waals surface area contributed by atoms with Crippen molar-refractivity contribution >= 4 is 34.4 Å². The normalized spacial score (nSPS) is 20.6. The molecule has 1 saturated heterocycles. The maximum absolute atomic E-state index is 6.01. The highest BCUT2D eigenvalue weighted by atomic mass is 35.5. The molecule has 108 valence electrons. The van der Waals surface area contributed by atoms with Crippen molar-refractivity contribution in [2.24, 2.45) is 5.92 Å². The fraction of sp³-hybridized carbons (Fsp3) is 0.571. The van der Waals surface area contributed by atoms with Gasteiger partial charge in [-0.15, -0.1) is 11.6 Å². The minimum atomic E-state index is 0.300. The van der Waals surface area contributed by atoms with Crippen LogP contribution in [0, 0.1) is 5.92 Å². The van der Waals surface area contributed by atoms with Crippen LogP contribution in [0.15, 0.2) is 12.3 Å². The van der Waals surface area contributed by atoms with E-state index in [1.54, 1.807) is 6.20 Å². The number of imidazole rings is 1. The van der Waals surface area contributed by atoms with Crippen LogP contribution in [0.1, 0.15) is 25.2 Å². The first-order chi connectivity index (χ1) is 9.70. The molecule has 2 aromatic rings. The fourth-order valence-corrected chi connectivity index (χ4v) is 3.16. The zero-order valence-electron chi connectivity index (χ0n) is 11.4. The highest BCUT2D eigenvalue weighted by Gasteiger charge is 2.27. The average molecular weight is 314 g/mol. The van der Waals surface area contributed by atoms with Crippen molar-refractivity contribution < 1.29 is 4.74 Å². The molecule has 0 aliphatic carbocycles. The largest absolute Gasteiger partial charge is 0.381 e. The van der Waals surface area contributed by atoms with Crippen molar-refractivity contribution in [2.75, 3.05) is 19.1 Å². The summed E-state index contributed by atoms with van der Waals surface area (Å²) in [5, 5.41) is 0.608. The van der Waals surface area contributed by atoms with Crippen molar-refractivity contribution in [2.45, 2.75) is 25.8 Å². The second-order valence-electron chi connectivity index (χ2n) is 5.20. The van der Waals surface area contributed by atoms with Crippen molar-refractivity contribution in [1.29, 1.82) is 0 Å². The molecule has 0 spiro atoms. The molecule has 1 aliphatic rings. The second kappa shape index (κ2) is 5.88. The predicted octanol–water partition coefficient (Wildman–Crippen LogP) is 3.46. The molecule has 0 bridgehead atoms. The van der Waals surface area contributed by atoms with Crippen LogP contribution in [-0.2, 0) is 11.2 Å². The number of rotatable bonds is 4. The lowest BCUT2D eigenvalue weighted by atomic mass is 10.0. The SMILES string of the molecule is CC(C1CCOC1)n1c(CCCl)nc2cc(Cl)cnc21. The Morgan fingerprint density at radius 1 is 1.55 bits per heavy atom. The number of nitrogens with zero attached hydrogens (tertiary/aromatic N) is 3. The number of ether oxygens (including phenoxy) is 1. The molecule has 0 aromatic carbocycles. The Bertz CT molecular complexity index is 608. The van der Waals surface area contributed by atoms with E-state index in [2.05, 4.69) is 21.5 Å². The Hall–Kier alpha value is -0.840. The van der Waals surface area contributed by atoms with Crippen LogP contribution in [0.25, 0.3) is 11.2 Å². The van der Waals surface area contributed by atoms with E-state index in [-0.39, 0.29) is 0 Å². The van der Waals surface area contributed by atoms with Crippen LogP contribution < -0.4 is 0 Å². The summed E-state index contributed by atoms with van der Waals surface area (Å²) in [7, 11) is 0. The summed E-state index contributed by atoms with van der Waals surface area (Å²) in [5.41, 5.74) is 1.72. The van der Waals surface area contributed by atoms with Gasteiger partial charge in [-0.25, -0.2) is 9.97 Å². The quantitative estimate of drug-likeness (QED) is 0.811. The van der Waals surface area contributed by atoms with E-state index in [0.29, 0.717) is 22.9 Å². The maximum atomic E-state index is 6.01. The van der Waals surface area contributed by atoms with Gasteiger partial charge >= 0.3 is 0 Å². The molecule has 3 heterocycles. The fourth-order valence-electron chi connectivity index (χ4n) is 2.84. The zero-order chi connectivity index (χ0) is 14.1. The van der Waals surface area contributed by atoms with E-state index >= 15 is 0 Å². The van der Waals surface area contributed by atoms with Crippen LogP contribution >= 0.6 is 23.2 Å². The van der Waals surface area contributed by atoms with Gasteiger partial charge < -0.3 is 9.30 Å². The summed E-state index contributed by atoms with van der Waals surface area (Å²) in [4.78, 5) is 9.11. The van der Waals surface area contributed by atoms with Crippen molar-refractivity contribution in [1.82, 2.24) is 14.5 Å². The van der Waals surface area contributed by atoms with Crippen LogP contribution in [0.4, 0.5) is 0 Å². The van der Waals surface area contributed by atoms with E-state index < -0.39 is 0 Å². The molecule has 1 fully saturated rings. The Morgan fingerprint density at radius 3 is 3.10 bits per heavy atom. The van der Waals surface area contributed by atoms with Gasteiger partial charge in [0.05, 0.1) is 11.6 Å². The average Bonchev–Trinajstić information content (AvgIpc) is 3.05. The molecular formula is C14H17Cl2N3O. The topological polar surface area (TPSA) is 39.9 Å². The summed E-state index contributed by atoms with van der Waals surface area (Å²) < 4.78 is 7.71. The van der Waals surface area contributed by atoms with Crippen LogP contribution in [0.2, 0.25) is 5.02 Å². The molecule has 0 saturated carbocycles. The number of aryl methyl sites for hydroxylation is 1. The molecule has 1 aliphatic heterocycles. The molecule has 20 heavy (non-hydrogen) atoms. The Kier molecular flexibility index (Phi) is 4.15. The first kappa shape index (κ1) is 14.1. The number of hydrogen-bond donors (Lipinski definition) is 0. The molecule has 2 unspecified atom stereocenters. The standard InChI is InChI=1S/C14H17Cl2N3O/c1-9(10-3-5-20-8-10)19-13(2-4-15)18-12-6-11(16)7-17-14(12)19/h6-7,9-10H,2-5,8H2,1H3. The zero-order valence-corrected chi connectivity index (χ0v) is 12.9. The van der Waals surface area contributed by atoms with Gasteiger partial charge in [-0.05, 0) is 19.4 Å². The third-order valence-electron chi connectivity index (χ3n) is 3.94. The van der Waals surface area contributed by atoms with Gasteiger partial charge in [-0.1, -0.05) is 11.6 Å². The minimum Gasteiger partial charge on any atom is -0.381 e. The van der Waals surface area contributed by atoms with E-state index in [4.69, 9.17) is 27.9 Å². The lowest BCUT2D eigenvalue weighted by molar-refractivity contribution is 0.175. The van der Waals surface area contributed by atoms with Gasteiger partial charge in [-0.3, -0.25) is 0 Å². The van der Waals surface area contributed by atoms with Gasteiger partial charge in [0, 0.05) is 37.1 Å². The van der Waals surface area contributed by atoms with Crippen LogP contribution in [0.3, 0.4) is 0 Å². The Labute approximate surface area is 128 Å². The molecule has 2 atom stereocenters. The summed E-state index contributed by atoms with van der Waals surface area (Å²) in [6, 6.07) is 2.16. The molecule has 4 nitrogen and oxygen atoms in total. The maximum Gasteiger partial charge on any atom is 0.160 e. The van der Waals surface area contributed by atoms with Gasteiger partial charge in [0.25, 0.3) is 0 Å². The summed E-state index contributed by atoms with van der Waals surface area (Å²) in [5.74, 6) is 2.02. The highest BCUT2D eigenvalue weighted by molar-refractivity contribution is 6.31. The van der Waals surface area contributed by atoms with Gasteiger partial charge in [0.15, 0.2) is 5.65 Å². The van der Waals surface area contributed by atoms with Gasteiger partial charge in [0.1, 0.15) is 11.3 Å². The van der Waals surface area contributed by atoms with E-state index in [9.17, 15) is 0 Å². The Balaban J connectivity index is 2.07. The minimum absolute atomic E-state index is 0.300. The van der Waals surface area contributed by atoms with Crippen molar-refractivity contribution in [3.8, 4) is 0 Å². The third-order valence-corrected chi connectivity index (χ3v) is 4.34. The van der Waals surface area contributed by atoms with E-state index in [1.807, 2.05) is 6.07 Å². The first-order valence-corrected chi connectivity index (χ1v) is 7.78. The highest BCUT2D eigenvalue weighted by Crippen LogP contribution is 2.30. The molecule has 0 N–H and O–H groups in total. The van der Waals surface area contributed by atoms with Crippen LogP contribution in [-0.4, -0.2) is 33.6 Å². The predicted molar refractivity (Wildman–Crippen MR) is 80.6 cm³/mol. The van der Waals surface area contributed by atoms with Crippen molar-refractivity contribution in [3.05, 3.63) is 23.1 Å². The lowest BCUT2D eigenvalue weighted by Crippen LogP contribution is -2.19. The summed E-state index contributed by atoms with van der Waals surface area (Å²) in [6.07, 6.45) is 3.48. The van der Waals surface area contributed by atoms with E-state index in [1.165, 1.54) is 0 Å². The number of aromatic nitrogens is 3. The molecule has 6 heteroatoms. The number of hydrogen-bond acceptors (Lipinski definition) is 3.